The van der Waals surface area contributed by atoms with Crippen LogP contribution in [0.5, 0.6) is 0 Å². The van der Waals surface area contributed by atoms with Gasteiger partial charge in [-0.1, -0.05) is 13.3 Å². The van der Waals surface area contributed by atoms with E-state index < -0.39 is 5.41 Å². The third kappa shape index (κ3) is 4.02. The van der Waals surface area contributed by atoms with E-state index in [1.807, 2.05) is 6.20 Å². The van der Waals surface area contributed by atoms with Crippen LogP contribution < -0.4 is 5.32 Å². The van der Waals surface area contributed by atoms with Gasteiger partial charge in [0.05, 0.1) is 12.4 Å². The Kier molecular flexibility index (Phi) is 5.71. The number of likely N-dealkylation sites (tertiary alicyclic amines) is 1. The van der Waals surface area contributed by atoms with Crippen molar-refractivity contribution in [2.24, 2.45) is 11.3 Å². The van der Waals surface area contributed by atoms with Crippen LogP contribution in [0.25, 0.3) is 0 Å². The van der Waals surface area contributed by atoms with Crippen molar-refractivity contribution in [1.82, 2.24) is 20.2 Å². The van der Waals surface area contributed by atoms with E-state index in [1.54, 1.807) is 6.33 Å². The van der Waals surface area contributed by atoms with E-state index >= 15 is 0 Å². The maximum Gasteiger partial charge on any atom is 0.240 e. The SMILES string of the molecule is CCC[C@H]1CN(Cc2cnc[nH]2)C[C@@H]1NC(=O)C1(C#N)CCOCC1. The second kappa shape index (κ2) is 7.98. The minimum atomic E-state index is -0.925. The molecule has 1 aromatic heterocycles. The highest BCUT2D eigenvalue weighted by Gasteiger charge is 2.43. The average Bonchev–Trinajstić information content (AvgIpc) is 3.26. The summed E-state index contributed by atoms with van der Waals surface area (Å²) in [5, 5.41) is 12.8. The van der Waals surface area contributed by atoms with Crippen LogP contribution in [-0.2, 0) is 16.1 Å². The van der Waals surface area contributed by atoms with Gasteiger partial charge in [-0.05, 0) is 25.2 Å². The number of H-pyrrole nitrogens is 1. The maximum atomic E-state index is 12.9. The lowest BCUT2D eigenvalue weighted by atomic mass is 9.80. The Morgan fingerprint density at radius 2 is 2.32 bits per heavy atom. The van der Waals surface area contributed by atoms with Crippen LogP contribution in [0, 0.1) is 22.7 Å². The first-order chi connectivity index (χ1) is 12.2. The number of amides is 1. The van der Waals surface area contributed by atoms with Gasteiger partial charge >= 0.3 is 0 Å². The molecule has 7 heteroatoms. The maximum absolute atomic E-state index is 12.9. The quantitative estimate of drug-likeness (QED) is 0.814. The second-order valence-electron chi connectivity index (χ2n) is 7.21. The molecular formula is C18H27N5O2. The summed E-state index contributed by atoms with van der Waals surface area (Å²) in [6, 6.07) is 2.37. The predicted molar refractivity (Wildman–Crippen MR) is 92.3 cm³/mol. The van der Waals surface area contributed by atoms with Gasteiger partial charge in [0.15, 0.2) is 0 Å². The summed E-state index contributed by atoms with van der Waals surface area (Å²) in [5.74, 6) is 0.306. The van der Waals surface area contributed by atoms with Crippen molar-refractivity contribution in [3.63, 3.8) is 0 Å². The number of ether oxygens (including phenoxy) is 1. The summed E-state index contributed by atoms with van der Waals surface area (Å²) >= 11 is 0. The molecule has 0 spiro atoms. The molecule has 2 N–H and O–H groups in total. The Hall–Kier alpha value is -1.91. The first kappa shape index (κ1) is 17.9. The lowest BCUT2D eigenvalue weighted by Gasteiger charge is -2.31. The number of imidazole rings is 1. The van der Waals surface area contributed by atoms with E-state index in [9.17, 15) is 10.1 Å². The fourth-order valence-corrected chi connectivity index (χ4v) is 3.94. The van der Waals surface area contributed by atoms with Crippen molar-refractivity contribution in [2.45, 2.75) is 45.2 Å². The monoisotopic (exact) mass is 345 g/mol. The Labute approximate surface area is 148 Å². The highest BCUT2D eigenvalue weighted by atomic mass is 16.5. The van der Waals surface area contributed by atoms with Gasteiger partial charge in [-0.15, -0.1) is 0 Å². The molecule has 0 radical (unpaired) electrons. The van der Waals surface area contributed by atoms with Crippen LogP contribution in [0.3, 0.4) is 0 Å². The molecule has 2 aliphatic rings. The van der Waals surface area contributed by atoms with Gasteiger partial charge in [0, 0.05) is 50.8 Å². The van der Waals surface area contributed by atoms with Crippen molar-refractivity contribution in [1.29, 1.82) is 5.26 Å². The van der Waals surface area contributed by atoms with Crippen LogP contribution in [0.2, 0.25) is 0 Å². The van der Waals surface area contributed by atoms with E-state index in [4.69, 9.17) is 4.74 Å². The normalized spacial score (nSPS) is 26.2. The molecule has 2 aliphatic heterocycles. The molecule has 0 bridgehead atoms. The fraction of sp³-hybridized carbons (Fsp3) is 0.722. The number of aromatic nitrogens is 2. The van der Waals surface area contributed by atoms with Crippen LogP contribution >= 0.6 is 0 Å². The van der Waals surface area contributed by atoms with Gasteiger partial charge in [-0.2, -0.15) is 5.26 Å². The van der Waals surface area contributed by atoms with Crippen molar-refractivity contribution in [3.8, 4) is 6.07 Å². The molecule has 2 fully saturated rings. The first-order valence-electron chi connectivity index (χ1n) is 9.16. The van der Waals surface area contributed by atoms with Crippen molar-refractivity contribution < 1.29 is 9.53 Å². The number of rotatable bonds is 6. The van der Waals surface area contributed by atoms with Crippen molar-refractivity contribution >= 4 is 5.91 Å². The molecule has 0 aromatic carbocycles. The highest BCUT2D eigenvalue weighted by Crippen LogP contribution is 2.31. The van der Waals surface area contributed by atoms with Gasteiger partial charge in [0.1, 0.15) is 5.41 Å². The zero-order valence-electron chi connectivity index (χ0n) is 14.8. The standard InChI is InChI=1S/C18H27N5O2/c1-2-3-14-9-23(10-15-8-20-13-21-15)11-16(14)22-17(24)18(12-19)4-6-25-7-5-18/h8,13-14,16H,2-7,9-11H2,1H3,(H,20,21)(H,22,24)/t14-,16-/m0/s1. The summed E-state index contributed by atoms with van der Waals surface area (Å²) in [5.41, 5.74) is 0.159. The van der Waals surface area contributed by atoms with Gasteiger partial charge in [0.2, 0.25) is 5.91 Å². The molecular weight excluding hydrogens is 318 g/mol. The first-order valence-corrected chi connectivity index (χ1v) is 9.16. The fourth-order valence-electron chi connectivity index (χ4n) is 3.94. The molecule has 1 amide bonds. The number of hydrogen-bond donors (Lipinski definition) is 2. The van der Waals surface area contributed by atoms with Crippen molar-refractivity contribution in [3.05, 3.63) is 18.2 Å². The molecule has 25 heavy (non-hydrogen) atoms. The minimum absolute atomic E-state index is 0.100. The Morgan fingerprint density at radius 1 is 1.52 bits per heavy atom. The number of nitrogens with zero attached hydrogens (tertiary/aromatic N) is 3. The summed E-state index contributed by atoms with van der Waals surface area (Å²) in [4.78, 5) is 22.4. The number of aromatic amines is 1. The third-order valence-electron chi connectivity index (χ3n) is 5.44. The van der Waals surface area contributed by atoms with Gasteiger partial charge in [-0.3, -0.25) is 9.69 Å². The number of nitriles is 1. The smallest absolute Gasteiger partial charge is 0.240 e. The summed E-state index contributed by atoms with van der Waals surface area (Å²) in [6.07, 6.45) is 6.67. The molecule has 1 aromatic rings. The minimum Gasteiger partial charge on any atom is -0.381 e. The molecule has 0 unspecified atom stereocenters. The topological polar surface area (TPSA) is 94.0 Å². The summed E-state index contributed by atoms with van der Waals surface area (Å²) in [7, 11) is 0. The molecule has 2 saturated heterocycles. The summed E-state index contributed by atoms with van der Waals surface area (Å²) < 4.78 is 5.33. The molecule has 0 saturated carbocycles. The van der Waals surface area contributed by atoms with Crippen LogP contribution in [0.1, 0.15) is 38.3 Å². The molecule has 2 atom stereocenters. The summed E-state index contributed by atoms with van der Waals surface area (Å²) in [6.45, 7) is 5.72. The molecule has 7 nitrogen and oxygen atoms in total. The zero-order valence-corrected chi connectivity index (χ0v) is 14.8. The predicted octanol–water partition coefficient (Wildman–Crippen LogP) is 1.45. The molecule has 136 valence electrons. The average molecular weight is 345 g/mol. The van der Waals surface area contributed by atoms with E-state index in [0.717, 1.165) is 38.2 Å². The van der Waals surface area contributed by atoms with Gasteiger partial charge in [-0.25, -0.2) is 4.98 Å². The molecule has 3 rings (SSSR count). The zero-order chi connectivity index (χ0) is 17.7. The lowest BCUT2D eigenvalue weighted by molar-refractivity contribution is -0.133. The van der Waals surface area contributed by atoms with Crippen LogP contribution in [-0.4, -0.2) is 53.1 Å². The van der Waals surface area contributed by atoms with E-state index in [2.05, 4.69) is 33.2 Å². The number of carbonyl (C=O) groups is 1. The Morgan fingerprint density at radius 3 is 2.96 bits per heavy atom. The number of nitrogens with one attached hydrogen (secondary N) is 2. The van der Waals surface area contributed by atoms with Crippen LogP contribution in [0.4, 0.5) is 0 Å². The van der Waals surface area contributed by atoms with E-state index in [0.29, 0.717) is 32.0 Å². The third-order valence-corrected chi connectivity index (χ3v) is 5.44. The number of hydrogen-bond acceptors (Lipinski definition) is 5. The van der Waals surface area contributed by atoms with Gasteiger partial charge < -0.3 is 15.0 Å². The lowest BCUT2D eigenvalue weighted by Crippen LogP contribution is -2.50. The molecule has 3 heterocycles. The van der Waals surface area contributed by atoms with E-state index in [1.165, 1.54) is 0 Å². The van der Waals surface area contributed by atoms with E-state index in [-0.39, 0.29) is 11.9 Å². The second-order valence-corrected chi connectivity index (χ2v) is 7.21. The number of carbonyl (C=O) groups excluding carboxylic acids is 1. The Balaban J connectivity index is 1.64. The van der Waals surface area contributed by atoms with Crippen molar-refractivity contribution in [2.75, 3.05) is 26.3 Å². The van der Waals surface area contributed by atoms with Crippen LogP contribution in [0.15, 0.2) is 12.5 Å². The Bertz CT molecular complexity index is 603. The van der Waals surface area contributed by atoms with Gasteiger partial charge in [0.25, 0.3) is 0 Å². The molecule has 0 aliphatic carbocycles. The largest absolute Gasteiger partial charge is 0.381 e. The highest BCUT2D eigenvalue weighted by molar-refractivity contribution is 5.85.